The Balaban J connectivity index is 1.55. The number of aromatic nitrogens is 2. The fourth-order valence-electron chi connectivity index (χ4n) is 3.67. The Morgan fingerprint density at radius 1 is 1.14 bits per heavy atom. The molecule has 2 aliphatic rings. The van der Waals surface area contributed by atoms with Gasteiger partial charge in [-0.05, 0) is 38.1 Å². The second kappa shape index (κ2) is 7.36. The zero-order chi connectivity index (χ0) is 14.5. The van der Waals surface area contributed by atoms with Crippen LogP contribution in [0.2, 0.25) is 0 Å². The normalized spacial score (nSPS) is 29.9. The zero-order valence-electron chi connectivity index (χ0n) is 13.0. The maximum absolute atomic E-state index is 5.63. The molecule has 2 fully saturated rings. The predicted octanol–water partition coefficient (Wildman–Crippen LogP) is 2.50. The number of hydrogen-bond acceptors (Lipinski definition) is 5. The summed E-state index contributed by atoms with van der Waals surface area (Å²) in [5.41, 5.74) is 0. The maximum atomic E-state index is 5.63. The average molecular weight is 293 g/mol. The fraction of sp³-hybridized carbons (Fsp3) is 0.875. The Bertz CT molecular complexity index is 427. The van der Waals surface area contributed by atoms with Gasteiger partial charge in [0.25, 0.3) is 0 Å². The summed E-state index contributed by atoms with van der Waals surface area (Å²) in [5.74, 6) is 2.25. The van der Waals surface area contributed by atoms with Crippen molar-refractivity contribution >= 4 is 0 Å². The van der Waals surface area contributed by atoms with E-state index in [9.17, 15) is 0 Å². The highest BCUT2D eigenvalue weighted by Crippen LogP contribution is 2.27. The van der Waals surface area contributed by atoms with Crippen molar-refractivity contribution in [1.29, 1.82) is 0 Å². The number of hydrogen-bond donors (Lipinski definition) is 1. The third-order valence-corrected chi connectivity index (χ3v) is 4.76. The van der Waals surface area contributed by atoms with Gasteiger partial charge in [-0.15, -0.1) is 0 Å². The molecule has 0 spiro atoms. The highest BCUT2D eigenvalue weighted by Gasteiger charge is 2.27. The van der Waals surface area contributed by atoms with Crippen molar-refractivity contribution in [3.63, 3.8) is 0 Å². The number of nitrogens with one attached hydrogen (secondary N) is 1. The molecule has 2 heterocycles. The standard InChI is InChI=1S/C16H27N3O2/c1-2-17-14-8-4-3-6-12(14)10-16-18-15(19-21-16)11-13-7-5-9-20-13/h12-14,17H,2-11H2,1H3. The van der Waals surface area contributed by atoms with Crippen molar-refractivity contribution in [2.24, 2.45) is 5.92 Å². The minimum absolute atomic E-state index is 0.291. The molecule has 1 aliphatic carbocycles. The molecular weight excluding hydrogens is 266 g/mol. The third-order valence-electron chi connectivity index (χ3n) is 4.76. The van der Waals surface area contributed by atoms with E-state index >= 15 is 0 Å². The molecule has 3 unspecified atom stereocenters. The second-order valence-corrected chi connectivity index (χ2v) is 6.36. The lowest BCUT2D eigenvalue weighted by atomic mass is 9.82. The van der Waals surface area contributed by atoms with Crippen molar-refractivity contribution in [3.8, 4) is 0 Å². The molecule has 5 nitrogen and oxygen atoms in total. The van der Waals surface area contributed by atoms with E-state index < -0.39 is 0 Å². The van der Waals surface area contributed by atoms with Gasteiger partial charge in [-0.1, -0.05) is 24.9 Å². The lowest BCUT2D eigenvalue weighted by molar-refractivity contribution is 0.109. The summed E-state index contributed by atoms with van der Waals surface area (Å²) in [6, 6.07) is 0.609. The van der Waals surface area contributed by atoms with Crippen LogP contribution in [-0.4, -0.2) is 35.4 Å². The first kappa shape index (κ1) is 15.0. The second-order valence-electron chi connectivity index (χ2n) is 6.36. The van der Waals surface area contributed by atoms with E-state index in [-0.39, 0.29) is 0 Å². The van der Waals surface area contributed by atoms with Gasteiger partial charge in [-0.25, -0.2) is 0 Å². The largest absolute Gasteiger partial charge is 0.378 e. The molecule has 1 saturated heterocycles. The van der Waals surface area contributed by atoms with E-state index in [1.54, 1.807) is 0 Å². The van der Waals surface area contributed by atoms with Gasteiger partial charge in [-0.2, -0.15) is 4.98 Å². The molecule has 5 heteroatoms. The van der Waals surface area contributed by atoms with Crippen LogP contribution in [0.25, 0.3) is 0 Å². The molecule has 1 saturated carbocycles. The van der Waals surface area contributed by atoms with E-state index in [2.05, 4.69) is 22.4 Å². The summed E-state index contributed by atoms with van der Waals surface area (Å²) < 4.78 is 11.1. The average Bonchev–Trinajstić information content (AvgIpc) is 3.14. The zero-order valence-corrected chi connectivity index (χ0v) is 13.0. The van der Waals surface area contributed by atoms with Gasteiger partial charge in [0, 0.05) is 25.5 Å². The summed E-state index contributed by atoms with van der Waals surface area (Å²) in [4.78, 5) is 4.58. The van der Waals surface area contributed by atoms with Crippen LogP contribution < -0.4 is 5.32 Å². The number of nitrogens with zero attached hydrogens (tertiary/aromatic N) is 2. The molecule has 3 rings (SSSR count). The van der Waals surface area contributed by atoms with Gasteiger partial charge in [0.05, 0.1) is 6.10 Å². The van der Waals surface area contributed by atoms with Gasteiger partial charge in [-0.3, -0.25) is 0 Å². The molecule has 1 aliphatic heterocycles. The molecule has 1 aromatic rings. The molecule has 0 amide bonds. The van der Waals surface area contributed by atoms with Gasteiger partial charge in [0.15, 0.2) is 5.82 Å². The van der Waals surface area contributed by atoms with Crippen LogP contribution in [0.5, 0.6) is 0 Å². The van der Waals surface area contributed by atoms with Crippen LogP contribution in [0, 0.1) is 5.92 Å². The lowest BCUT2D eigenvalue weighted by Crippen LogP contribution is -2.39. The molecule has 1 aromatic heterocycles. The van der Waals surface area contributed by atoms with Gasteiger partial charge >= 0.3 is 0 Å². The van der Waals surface area contributed by atoms with Crippen LogP contribution in [0.15, 0.2) is 4.52 Å². The quantitative estimate of drug-likeness (QED) is 0.873. The van der Waals surface area contributed by atoms with E-state index in [0.29, 0.717) is 18.1 Å². The van der Waals surface area contributed by atoms with Crippen LogP contribution in [-0.2, 0) is 17.6 Å². The van der Waals surface area contributed by atoms with Crippen LogP contribution in [0.1, 0.15) is 57.2 Å². The first-order valence-electron chi connectivity index (χ1n) is 8.51. The monoisotopic (exact) mass is 293 g/mol. The molecule has 0 bridgehead atoms. The van der Waals surface area contributed by atoms with E-state index in [1.807, 2.05) is 0 Å². The Morgan fingerprint density at radius 2 is 2.05 bits per heavy atom. The summed E-state index contributed by atoms with van der Waals surface area (Å²) in [7, 11) is 0. The highest BCUT2D eigenvalue weighted by molar-refractivity contribution is 4.93. The van der Waals surface area contributed by atoms with E-state index in [1.165, 1.54) is 25.7 Å². The maximum Gasteiger partial charge on any atom is 0.226 e. The van der Waals surface area contributed by atoms with Crippen molar-refractivity contribution in [2.45, 2.75) is 70.4 Å². The molecule has 1 N–H and O–H groups in total. The molecular formula is C16H27N3O2. The Hall–Kier alpha value is -0.940. The summed E-state index contributed by atoms with van der Waals surface area (Å²) in [5, 5.41) is 7.74. The van der Waals surface area contributed by atoms with Gasteiger partial charge in [0.1, 0.15) is 0 Å². The number of rotatable bonds is 6. The summed E-state index contributed by atoms with van der Waals surface area (Å²) in [6.07, 6.45) is 9.47. The fourth-order valence-corrected chi connectivity index (χ4v) is 3.67. The topological polar surface area (TPSA) is 60.2 Å². The molecule has 3 atom stereocenters. The Labute approximate surface area is 126 Å². The van der Waals surface area contributed by atoms with Crippen molar-refractivity contribution in [2.75, 3.05) is 13.2 Å². The Morgan fingerprint density at radius 3 is 2.86 bits per heavy atom. The molecule has 118 valence electrons. The summed E-state index contributed by atoms with van der Waals surface area (Å²) in [6.45, 7) is 4.09. The minimum atomic E-state index is 0.291. The van der Waals surface area contributed by atoms with Crippen molar-refractivity contribution < 1.29 is 9.26 Å². The Kier molecular flexibility index (Phi) is 5.25. The smallest absolute Gasteiger partial charge is 0.226 e. The third kappa shape index (κ3) is 4.04. The van der Waals surface area contributed by atoms with Crippen LogP contribution in [0.4, 0.5) is 0 Å². The van der Waals surface area contributed by atoms with Gasteiger partial charge < -0.3 is 14.6 Å². The lowest BCUT2D eigenvalue weighted by Gasteiger charge is -2.31. The first-order valence-corrected chi connectivity index (χ1v) is 8.51. The van der Waals surface area contributed by atoms with E-state index in [0.717, 1.165) is 50.6 Å². The predicted molar refractivity (Wildman–Crippen MR) is 80.1 cm³/mol. The highest BCUT2D eigenvalue weighted by atomic mass is 16.5. The van der Waals surface area contributed by atoms with Crippen molar-refractivity contribution in [1.82, 2.24) is 15.5 Å². The SMILES string of the molecule is CCNC1CCCCC1Cc1nc(CC2CCCO2)no1. The molecule has 0 radical (unpaired) electrons. The van der Waals surface area contributed by atoms with Gasteiger partial charge in [0.2, 0.25) is 5.89 Å². The number of ether oxygens (including phenoxy) is 1. The summed E-state index contributed by atoms with van der Waals surface area (Å²) >= 11 is 0. The van der Waals surface area contributed by atoms with Crippen LogP contribution >= 0.6 is 0 Å². The molecule has 0 aromatic carbocycles. The van der Waals surface area contributed by atoms with Crippen molar-refractivity contribution in [3.05, 3.63) is 11.7 Å². The molecule has 21 heavy (non-hydrogen) atoms. The minimum Gasteiger partial charge on any atom is -0.378 e. The van der Waals surface area contributed by atoms with E-state index in [4.69, 9.17) is 9.26 Å². The van der Waals surface area contributed by atoms with Crippen LogP contribution in [0.3, 0.4) is 0 Å². The first-order chi connectivity index (χ1) is 10.3.